The van der Waals surface area contributed by atoms with E-state index in [1.807, 2.05) is 30.5 Å². The number of pyridine rings is 1. The van der Waals surface area contributed by atoms with Crippen molar-refractivity contribution in [3.05, 3.63) is 64.6 Å². The molecule has 0 saturated carbocycles. The predicted octanol–water partition coefficient (Wildman–Crippen LogP) is 6.25. The Morgan fingerprint density at radius 2 is 1.76 bits per heavy atom. The second kappa shape index (κ2) is 6.00. The predicted molar refractivity (Wildman–Crippen MR) is 92.1 cm³/mol. The highest BCUT2D eigenvalue weighted by Gasteiger charge is 2.12. The zero-order chi connectivity index (χ0) is 14.8. The normalized spacial score (nSPS) is 11.0. The molecule has 1 nitrogen and oxygen atoms in total. The Hall–Kier alpha value is -1.64. The van der Waals surface area contributed by atoms with E-state index < -0.39 is 0 Å². The van der Waals surface area contributed by atoms with Crippen LogP contribution in [-0.4, -0.2) is 4.98 Å². The first kappa shape index (κ1) is 14.3. The number of hydrogen-bond acceptors (Lipinski definition) is 2. The van der Waals surface area contributed by atoms with E-state index in [2.05, 4.69) is 43.1 Å². The molecule has 0 saturated heterocycles. The molecule has 0 N–H and O–H groups in total. The summed E-state index contributed by atoms with van der Waals surface area (Å²) in [7, 11) is 0. The summed E-state index contributed by atoms with van der Waals surface area (Å²) in [6.45, 7) is 4.34. The molecule has 3 rings (SSSR count). The number of rotatable bonds is 3. The summed E-state index contributed by atoms with van der Waals surface area (Å²) >= 11 is 8.11. The second-order valence-corrected chi connectivity index (χ2v) is 6.76. The van der Waals surface area contributed by atoms with Crippen molar-refractivity contribution in [2.45, 2.75) is 19.8 Å². The lowest BCUT2D eigenvalue weighted by Gasteiger charge is -2.03. The molecule has 2 aromatic heterocycles. The van der Waals surface area contributed by atoms with Crippen LogP contribution in [0.3, 0.4) is 0 Å². The standard InChI is InChI=1S/C18H16ClNS/c1-12(2)18-15(19)11-17(21-18)14-8-9-20-16(10-14)13-6-4-3-5-7-13/h3-12H,1-2H3. The molecule has 1 aromatic carbocycles. The molecule has 3 aromatic rings. The lowest BCUT2D eigenvalue weighted by molar-refractivity contribution is 0.890. The number of halogens is 1. The van der Waals surface area contributed by atoms with E-state index in [1.165, 1.54) is 15.3 Å². The maximum Gasteiger partial charge on any atom is 0.0708 e. The van der Waals surface area contributed by atoms with Crippen LogP contribution in [0.5, 0.6) is 0 Å². The van der Waals surface area contributed by atoms with Crippen LogP contribution >= 0.6 is 22.9 Å². The molecule has 0 spiro atoms. The highest BCUT2D eigenvalue weighted by atomic mass is 35.5. The monoisotopic (exact) mass is 313 g/mol. The molecule has 0 aliphatic heterocycles. The Balaban J connectivity index is 2.02. The van der Waals surface area contributed by atoms with Crippen LogP contribution in [0.25, 0.3) is 21.7 Å². The molecule has 0 amide bonds. The average Bonchev–Trinajstić information content (AvgIpc) is 2.91. The third-order valence-corrected chi connectivity index (χ3v) is 5.26. The number of aromatic nitrogens is 1. The van der Waals surface area contributed by atoms with Gasteiger partial charge in [0.25, 0.3) is 0 Å². The van der Waals surface area contributed by atoms with Crippen molar-refractivity contribution in [2.24, 2.45) is 0 Å². The Bertz CT molecular complexity index is 747. The minimum Gasteiger partial charge on any atom is -0.256 e. The summed E-state index contributed by atoms with van der Waals surface area (Å²) < 4.78 is 0. The van der Waals surface area contributed by atoms with Gasteiger partial charge in [-0.2, -0.15) is 0 Å². The van der Waals surface area contributed by atoms with Crippen molar-refractivity contribution in [3.63, 3.8) is 0 Å². The molecular formula is C18H16ClNS. The van der Waals surface area contributed by atoms with Crippen molar-refractivity contribution in [2.75, 3.05) is 0 Å². The molecule has 2 heterocycles. The summed E-state index contributed by atoms with van der Waals surface area (Å²) in [5.41, 5.74) is 3.29. The van der Waals surface area contributed by atoms with Crippen LogP contribution in [0.2, 0.25) is 5.02 Å². The highest BCUT2D eigenvalue weighted by Crippen LogP contribution is 2.39. The minimum atomic E-state index is 0.451. The highest BCUT2D eigenvalue weighted by molar-refractivity contribution is 7.16. The summed E-state index contributed by atoms with van der Waals surface area (Å²) in [6.07, 6.45) is 1.86. The average molecular weight is 314 g/mol. The number of nitrogens with zero attached hydrogens (tertiary/aromatic N) is 1. The van der Waals surface area contributed by atoms with Crippen LogP contribution in [0.1, 0.15) is 24.6 Å². The van der Waals surface area contributed by atoms with Crippen molar-refractivity contribution >= 4 is 22.9 Å². The first-order valence-corrected chi connectivity index (χ1v) is 8.15. The van der Waals surface area contributed by atoms with Gasteiger partial charge in [-0.25, -0.2) is 0 Å². The second-order valence-electron chi connectivity index (χ2n) is 5.27. The fourth-order valence-corrected chi connectivity index (χ4v) is 3.83. The molecule has 0 radical (unpaired) electrons. The quantitative estimate of drug-likeness (QED) is 0.556. The molecule has 0 atom stereocenters. The zero-order valence-electron chi connectivity index (χ0n) is 12.0. The molecule has 0 fully saturated rings. The van der Waals surface area contributed by atoms with E-state index in [9.17, 15) is 0 Å². The van der Waals surface area contributed by atoms with Crippen LogP contribution in [0.15, 0.2) is 54.7 Å². The molecule has 106 valence electrons. The van der Waals surface area contributed by atoms with Crippen LogP contribution in [0.4, 0.5) is 0 Å². The first-order valence-electron chi connectivity index (χ1n) is 6.96. The van der Waals surface area contributed by atoms with Gasteiger partial charge in [-0.1, -0.05) is 55.8 Å². The molecule has 3 heteroatoms. The fraction of sp³-hybridized carbons (Fsp3) is 0.167. The number of hydrogen-bond donors (Lipinski definition) is 0. The molecular weight excluding hydrogens is 298 g/mol. The maximum absolute atomic E-state index is 6.34. The fourth-order valence-electron chi connectivity index (χ4n) is 2.27. The third kappa shape index (κ3) is 3.02. The van der Waals surface area contributed by atoms with Gasteiger partial charge in [-0.3, -0.25) is 4.98 Å². The van der Waals surface area contributed by atoms with Crippen LogP contribution in [0, 0.1) is 0 Å². The SMILES string of the molecule is CC(C)c1sc(-c2ccnc(-c3ccccc3)c2)cc1Cl. The van der Waals surface area contributed by atoms with Crippen molar-refractivity contribution in [3.8, 4) is 21.7 Å². The largest absolute Gasteiger partial charge is 0.256 e. The maximum atomic E-state index is 6.34. The minimum absolute atomic E-state index is 0.451. The van der Waals surface area contributed by atoms with Crippen molar-refractivity contribution in [1.29, 1.82) is 0 Å². The van der Waals surface area contributed by atoms with Gasteiger partial charge in [0.05, 0.1) is 10.7 Å². The molecule has 0 aliphatic carbocycles. The van der Waals surface area contributed by atoms with Gasteiger partial charge in [0.1, 0.15) is 0 Å². The lowest BCUT2D eigenvalue weighted by Crippen LogP contribution is -1.83. The van der Waals surface area contributed by atoms with Gasteiger partial charge in [-0.15, -0.1) is 11.3 Å². The smallest absolute Gasteiger partial charge is 0.0708 e. The van der Waals surface area contributed by atoms with E-state index in [4.69, 9.17) is 11.6 Å². The summed E-state index contributed by atoms with van der Waals surface area (Å²) in [4.78, 5) is 6.91. The van der Waals surface area contributed by atoms with E-state index in [-0.39, 0.29) is 0 Å². The lowest BCUT2D eigenvalue weighted by atomic mass is 10.1. The summed E-state index contributed by atoms with van der Waals surface area (Å²) in [6, 6.07) is 16.5. The Labute approximate surface area is 134 Å². The summed E-state index contributed by atoms with van der Waals surface area (Å²) in [5.74, 6) is 0.451. The van der Waals surface area contributed by atoms with E-state index >= 15 is 0 Å². The van der Waals surface area contributed by atoms with Gasteiger partial charge in [-0.05, 0) is 29.7 Å². The van der Waals surface area contributed by atoms with Crippen molar-refractivity contribution in [1.82, 2.24) is 4.98 Å². The number of thiophene rings is 1. The van der Waals surface area contributed by atoms with Crippen LogP contribution < -0.4 is 0 Å². The Morgan fingerprint density at radius 1 is 1.00 bits per heavy atom. The Morgan fingerprint density at radius 3 is 2.43 bits per heavy atom. The zero-order valence-corrected chi connectivity index (χ0v) is 13.6. The van der Waals surface area contributed by atoms with E-state index in [0.717, 1.165) is 16.3 Å². The third-order valence-electron chi connectivity index (χ3n) is 3.35. The van der Waals surface area contributed by atoms with Gasteiger partial charge >= 0.3 is 0 Å². The van der Waals surface area contributed by atoms with Gasteiger partial charge in [0, 0.05) is 21.5 Å². The summed E-state index contributed by atoms with van der Waals surface area (Å²) in [5, 5.41) is 0.864. The topological polar surface area (TPSA) is 12.9 Å². The van der Waals surface area contributed by atoms with Gasteiger partial charge in [0.2, 0.25) is 0 Å². The molecule has 21 heavy (non-hydrogen) atoms. The van der Waals surface area contributed by atoms with E-state index in [1.54, 1.807) is 11.3 Å². The van der Waals surface area contributed by atoms with Gasteiger partial charge in [0.15, 0.2) is 0 Å². The molecule has 0 unspecified atom stereocenters. The number of benzene rings is 1. The van der Waals surface area contributed by atoms with Crippen LogP contribution in [-0.2, 0) is 0 Å². The van der Waals surface area contributed by atoms with Gasteiger partial charge < -0.3 is 0 Å². The molecule has 0 bridgehead atoms. The molecule has 0 aliphatic rings. The van der Waals surface area contributed by atoms with Crippen molar-refractivity contribution < 1.29 is 0 Å². The van der Waals surface area contributed by atoms with E-state index in [0.29, 0.717) is 5.92 Å². The Kier molecular flexibility index (Phi) is 4.09. The first-order chi connectivity index (χ1) is 10.1.